The molecule has 1 aliphatic rings. The number of guanidine groups is 1. The largest absolute Gasteiger partial charge is 0.496 e. The van der Waals surface area contributed by atoms with Crippen LogP contribution in [0.5, 0.6) is 5.75 Å². The molecule has 3 aromatic rings. The molecule has 1 unspecified atom stereocenters. The number of para-hydroxylation sites is 1. The molecule has 4 rings (SSSR count). The van der Waals surface area contributed by atoms with E-state index in [9.17, 15) is 0 Å². The van der Waals surface area contributed by atoms with Gasteiger partial charge in [0.25, 0.3) is 0 Å². The second kappa shape index (κ2) is 13.3. The molecule has 0 amide bonds. The molecular formula is C25H34IN7O. The van der Waals surface area contributed by atoms with E-state index in [-0.39, 0.29) is 30.0 Å². The molecule has 0 spiro atoms. The number of nitrogens with one attached hydrogen (secondary N) is 3. The highest BCUT2D eigenvalue weighted by Gasteiger charge is 2.26. The molecule has 0 radical (unpaired) electrons. The van der Waals surface area contributed by atoms with Gasteiger partial charge in [-0.3, -0.25) is 10.00 Å². The second-order valence-electron chi connectivity index (χ2n) is 8.11. The molecular weight excluding hydrogens is 541 g/mol. The lowest BCUT2D eigenvalue weighted by Gasteiger charge is -2.30. The van der Waals surface area contributed by atoms with Gasteiger partial charge in [-0.1, -0.05) is 36.4 Å². The van der Waals surface area contributed by atoms with E-state index in [2.05, 4.69) is 61.9 Å². The normalized spacial score (nSPS) is 14.9. The van der Waals surface area contributed by atoms with Crippen LogP contribution in [0.15, 0.2) is 59.9 Å². The van der Waals surface area contributed by atoms with Crippen LogP contribution < -0.4 is 15.4 Å². The third-order valence-electron chi connectivity index (χ3n) is 5.92. The number of aromatic nitrogens is 3. The van der Waals surface area contributed by atoms with Crippen molar-refractivity contribution in [3.05, 3.63) is 66.0 Å². The summed E-state index contributed by atoms with van der Waals surface area (Å²) in [7, 11) is 1.74. The molecule has 0 bridgehead atoms. The number of nitrogens with zero attached hydrogens (tertiary/aromatic N) is 4. The van der Waals surface area contributed by atoms with Gasteiger partial charge in [-0.25, -0.2) is 9.98 Å². The number of hydrogen-bond acceptors (Lipinski definition) is 5. The first kappa shape index (κ1) is 26.0. The molecule has 0 aliphatic carbocycles. The first-order valence-corrected chi connectivity index (χ1v) is 11.6. The van der Waals surface area contributed by atoms with Gasteiger partial charge in [-0.2, -0.15) is 5.10 Å². The van der Waals surface area contributed by atoms with Crippen LogP contribution in [-0.2, 0) is 6.54 Å². The van der Waals surface area contributed by atoms with Crippen molar-refractivity contribution in [1.29, 1.82) is 0 Å². The lowest BCUT2D eigenvalue weighted by atomic mass is 10.0. The van der Waals surface area contributed by atoms with Gasteiger partial charge in [0.2, 0.25) is 0 Å². The number of hydrogen-bond donors (Lipinski definition) is 3. The highest BCUT2D eigenvalue weighted by molar-refractivity contribution is 14.0. The first-order valence-electron chi connectivity index (χ1n) is 11.6. The van der Waals surface area contributed by atoms with Crippen LogP contribution in [0.1, 0.15) is 36.9 Å². The van der Waals surface area contributed by atoms with Crippen molar-refractivity contribution in [1.82, 2.24) is 30.7 Å². The van der Waals surface area contributed by atoms with Crippen LogP contribution in [0.4, 0.5) is 0 Å². The van der Waals surface area contributed by atoms with E-state index in [0.717, 1.165) is 54.8 Å². The Bertz CT molecular complexity index is 1040. The average molecular weight is 575 g/mol. The minimum Gasteiger partial charge on any atom is -0.496 e. The summed E-state index contributed by atoms with van der Waals surface area (Å²) in [6.07, 6.45) is 3.99. The maximum absolute atomic E-state index is 5.67. The SMILES string of the molecule is CCNC(=NCc1cccc(-c2ncn[nH]2)c1)NCC(c1ccccc1OC)N1CCCC1.I. The van der Waals surface area contributed by atoms with E-state index >= 15 is 0 Å². The quantitative estimate of drug-likeness (QED) is 0.203. The number of aromatic amines is 1. The molecule has 2 heterocycles. The molecule has 1 aliphatic heterocycles. The fourth-order valence-corrected chi connectivity index (χ4v) is 4.30. The summed E-state index contributed by atoms with van der Waals surface area (Å²) in [5.74, 6) is 2.50. The number of ether oxygens (including phenoxy) is 1. The Hall–Kier alpha value is -2.66. The van der Waals surface area contributed by atoms with Gasteiger partial charge >= 0.3 is 0 Å². The van der Waals surface area contributed by atoms with Gasteiger partial charge < -0.3 is 15.4 Å². The van der Waals surface area contributed by atoms with E-state index < -0.39 is 0 Å². The topological polar surface area (TPSA) is 90.5 Å². The van der Waals surface area contributed by atoms with Crippen LogP contribution in [0.2, 0.25) is 0 Å². The molecule has 2 aromatic carbocycles. The van der Waals surface area contributed by atoms with Crippen molar-refractivity contribution in [2.45, 2.75) is 32.4 Å². The van der Waals surface area contributed by atoms with Gasteiger partial charge in [0.05, 0.1) is 19.7 Å². The van der Waals surface area contributed by atoms with Crippen LogP contribution in [-0.4, -0.2) is 59.3 Å². The minimum absolute atomic E-state index is 0. The zero-order valence-corrected chi connectivity index (χ0v) is 22.2. The maximum atomic E-state index is 5.67. The standard InChI is InChI=1S/C25H33N7O.HI/c1-3-26-25(27-16-19-9-8-10-20(15-19)24-29-18-30-31-24)28-17-22(32-13-6-7-14-32)21-11-4-5-12-23(21)33-2;/h4-5,8-12,15,18,22H,3,6-7,13-14,16-17H2,1-2H3,(H2,26,27,28)(H,29,30,31);1H. The van der Waals surface area contributed by atoms with Crippen molar-refractivity contribution >= 4 is 29.9 Å². The summed E-state index contributed by atoms with van der Waals surface area (Å²) in [5.41, 5.74) is 3.33. The van der Waals surface area contributed by atoms with E-state index in [1.165, 1.54) is 24.7 Å². The molecule has 182 valence electrons. The number of benzene rings is 2. The number of methoxy groups -OCH3 is 1. The minimum atomic E-state index is 0. The van der Waals surface area contributed by atoms with Crippen LogP contribution in [0, 0.1) is 0 Å². The summed E-state index contributed by atoms with van der Waals surface area (Å²) >= 11 is 0. The van der Waals surface area contributed by atoms with Gasteiger partial charge in [-0.05, 0) is 50.6 Å². The van der Waals surface area contributed by atoms with E-state index in [4.69, 9.17) is 9.73 Å². The molecule has 1 saturated heterocycles. The smallest absolute Gasteiger partial charge is 0.191 e. The summed E-state index contributed by atoms with van der Waals surface area (Å²) in [6.45, 7) is 6.41. The molecule has 1 aromatic heterocycles. The summed E-state index contributed by atoms with van der Waals surface area (Å²) in [4.78, 5) is 11.6. The summed E-state index contributed by atoms with van der Waals surface area (Å²) < 4.78 is 5.67. The monoisotopic (exact) mass is 575 g/mol. The fraction of sp³-hybridized carbons (Fsp3) is 0.400. The predicted molar refractivity (Wildman–Crippen MR) is 147 cm³/mol. The van der Waals surface area contributed by atoms with E-state index in [1.807, 2.05) is 24.3 Å². The zero-order valence-electron chi connectivity index (χ0n) is 19.8. The molecule has 3 N–H and O–H groups in total. The Morgan fingerprint density at radius 2 is 1.97 bits per heavy atom. The Labute approximate surface area is 218 Å². The first-order chi connectivity index (χ1) is 16.3. The van der Waals surface area contributed by atoms with Crippen LogP contribution >= 0.6 is 24.0 Å². The van der Waals surface area contributed by atoms with Gasteiger partial charge in [0.15, 0.2) is 11.8 Å². The summed E-state index contributed by atoms with van der Waals surface area (Å²) in [6, 6.07) is 16.8. The maximum Gasteiger partial charge on any atom is 0.191 e. The van der Waals surface area contributed by atoms with Crippen molar-refractivity contribution in [2.24, 2.45) is 4.99 Å². The van der Waals surface area contributed by atoms with Crippen molar-refractivity contribution < 1.29 is 4.74 Å². The van der Waals surface area contributed by atoms with Gasteiger partial charge in [-0.15, -0.1) is 24.0 Å². The van der Waals surface area contributed by atoms with Crippen LogP contribution in [0.25, 0.3) is 11.4 Å². The van der Waals surface area contributed by atoms with E-state index in [0.29, 0.717) is 6.54 Å². The Morgan fingerprint density at radius 3 is 2.71 bits per heavy atom. The van der Waals surface area contributed by atoms with Crippen molar-refractivity contribution in [3.8, 4) is 17.1 Å². The molecule has 1 atom stereocenters. The molecule has 34 heavy (non-hydrogen) atoms. The lowest BCUT2D eigenvalue weighted by molar-refractivity contribution is 0.239. The Balaban J connectivity index is 0.00000324. The molecule has 1 fully saturated rings. The molecule has 8 nitrogen and oxygen atoms in total. The fourth-order valence-electron chi connectivity index (χ4n) is 4.30. The number of likely N-dealkylation sites (tertiary alicyclic amines) is 1. The number of H-pyrrole nitrogens is 1. The highest BCUT2D eigenvalue weighted by atomic mass is 127. The highest BCUT2D eigenvalue weighted by Crippen LogP contribution is 2.31. The Kier molecular flexibility index (Phi) is 10.1. The van der Waals surface area contributed by atoms with E-state index in [1.54, 1.807) is 7.11 Å². The third kappa shape index (κ3) is 6.69. The van der Waals surface area contributed by atoms with Crippen molar-refractivity contribution in [2.75, 3.05) is 33.3 Å². The molecule has 9 heteroatoms. The van der Waals surface area contributed by atoms with Crippen LogP contribution in [0.3, 0.4) is 0 Å². The number of aliphatic imine (C=N–C) groups is 1. The van der Waals surface area contributed by atoms with Gasteiger partial charge in [0.1, 0.15) is 12.1 Å². The third-order valence-corrected chi connectivity index (χ3v) is 5.92. The van der Waals surface area contributed by atoms with Gasteiger partial charge in [0, 0.05) is 24.2 Å². The zero-order chi connectivity index (χ0) is 22.9. The summed E-state index contributed by atoms with van der Waals surface area (Å²) in [5, 5.41) is 13.8. The average Bonchev–Trinajstić information content (AvgIpc) is 3.58. The van der Waals surface area contributed by atoms with Crippen molar-refractivity contribution in [3.63, 3.8) is 0 Å². The molecule has 0 saturated carbocycles. The Morgan fingerprint density at radius 1 is 1.15 bits per heavy atom. The lowest BCUT2D eigenvalue weighted by Crippen LogP contribution is -2.42. The number of halogens is 1. The predicted octanol–water partition coefficient (Wildman–Crippen LogP) is 3.99. The second-order valence-corrected chi connectivity index (χ2v) is 8.11. The number of rotatable bonds is 9.